The first-order chi connectivity index (χ1) is 12.6. The topological polar surface area (TPSA) is 52.7 Å². The highest BCUT2D eigenvalue weighted by atomic mass is 19.1. The van der Waals surface area contributed by atoms with E-state index in [0.29, 0.717) is 5.69 Å². The predicted octanol–water partition coefficient (Wildman–Crippen LogP) is 3.71. The number of allylic oxidation sites excluding steroid dienone is 1. The number of hydrogen-bond donors (Lipinski definition) is 0. The summed E-state index contributed by atoms with van der Waals surface area (Å²) in [6.07, 6.45) is 10.4. The molecule has 0 amide bonds. The van der Waals surface area contributed by atoms with Crippen molar-refractivity contribution in [1.29, 1.82) is 0 Å². The van der Waals surface area contributed by atoms with Crippen molar-refractivity contribution in [2.24, 2.45) is 7.05 Å². The molecule has 0 radical (unpaired) electrons. The van der Waals surface area contributed by atoms with Gasteiger partial charge in [-0.2, -0.15) is 5.10 Å². The second-order valence-electron chi connectivity index (χ2n) is 6.51. The minimum atomic E-state index is -0.255. The fraction of sp³-hybridized carbons (Fsp3) is 0.250. The lowest BCUT2D eigenvalue weighted by Gasteiger charge is -2.08. The van der Waals surface area contributed by atoms with Gasteiger partial charge >= 0.3 is 0 Å². The van der Waals surface area contributed by atoms with Gasteiger partial charge in [-0.25, -0.2) is 9.37 Å². The van der Waals surface area contributed by atoms with Crippen molar-refractivity contribution in [2.75, 3.05) is 0 Å². The number of benzene rings is 1. The van der Waals surface area contributed by atoms with Crippen molar-refractivity contribution in [1.82, 2.24) is 19.3 Å². The molecule has 2 aromatic heterocycles. The summed E-state index contributed by atoms with van der Waals surface area (Å²) in [5, 5.41) is 4.50. The number of hydrogen-bond acceptors (Lipinski definition) is 3. The van der Waals surface area contributed by atoms with Crippen molar-refractivity contribution in [2.45, 2.75) is 25.7 Å². The summed E-state index contributed by atoms with van der Waals surface area (Å²) in [5.41, 5.74) is 4.30. The molecular formula is C20H19FN4O. The number of nitrogens with zero attached hydrogens (tertiary/aromatic N) is 4. The molecule has 1 aromatic carbocycles. The Morgan fingerprint density at radius 2 is 2.12 bits per heavy atom. The van der Waals surface area contributed by atoms with E-state index in [1.165, 1.54) is 23.0 Å². The summed E-state index contributed by atoms with van der Waals surface area (Å²) in [6.45, 7) is 0. The van der Waals surface area contributed by atoms with E-state index in [4.69, 9.17) is 0 Å². The molecule has 4 rings (SSSR count). The van der Waals surface area contributed by atoms with Gasteiger partial charge in [0.25, 0.3) is 5.91 Å². The average molecular weight is 350 g/mol. The molecule has 0 atom stereocenters. The van der Waals surface area contributed by atoms with E-state index < -0.39 is 0 Å². The Labute approximate surface area is 150 Å². The molecule has 6 heteroatoms. The maximum Gasteiger partial charge on any atom is 0.283 e. The minimum absolute atomic E-state index is 0.175. The van der Waals surface area contributed by atoms with Crippen molar-refractivity contribution < 1.29 is 9.18 Å². The molecule has 1 aliphatic rings. The van der Waals surface area contributed by atoms with Gasteiger partial charge in [0.1, 0.15) is 12.1 Å². The normalized spacial score (nSPS) is 15.7. The molecule has 0 saturated heterocycles. The van der Waals surface area contributed by atoms with E-state index >= 15 is 0 Å². The fourth-order valence-electron chi connectivity index (χ4n) is 3.55. The third-order valence-electron chi connectivity index (χ3n) is 4.70. The first-order valence-electron chi connectivity index (χ1n) is 8.68. The van der Waals surface area contributed by atoms with Crippen LogP contribution in [0.5, 0.6) is 0 Å². The third kappa shape index (κ3) is 2.98. The SMILES string of the molecule is Cn1nc(C(=O)n2ccnc2)c2c1C(=Cc1cccc(F)c1)CCCC2. The quantitative estimate of drug-likeness (QED) is 0.662. The average Bonchev–Trinajstić information content (AvgIpc) is 3.20. The van der Waals surface area contributed by atoms with Crippen LogP contribution in [0, 0.1) is 5.82 Å². The molecular weight excluding hydrogens is 331 g/mol. The second-order valence-corrected chi connectivity index (χ2v) is 6.51. The summed E-state index contributed by atoms with van der Waals surface area (Å²) in [6, 6.07) is 6.54. The molecule has 2 heterocycles. The molecule has 0 fully saturated rings. The molecule has 0 aliphatic heterocycles. The van der Waals surface area contributed by atoms with Crippen molar-refractivity contribution >= 4 is 17.6 Å². The second kappa shape index (κ2) is 6.71. The van der Waals surface area contributed by atoms with E-state index in [1.54, 1.807) is 23.1 Å². The van der Waals surface area contributed by atoms with Crippen LogP contribution in [0.2, 0.25) is 0 Å². The van der Waals surface area contributed by atoms with Gasteiger partial charge < -0.3 is 0 Å². The van der Waals surface area contributed by atoms with Crippen LogP contribution in [-0.4, -0.2) is 25.2 Å². The van der Waals surface area contributed by atoms with E-state index in [2.05, 4.69) is 10.1 Å². The highest BCUT2D eigenvalue weighted by Crippen LogP contribution is 2.33. The van der Waals surface area contributed by atoms with Crippen LogP contribution >= 0.6 is 0 Å². The van der Waals surface area contributed by atoms with Crippen LogP contribution in [0.3, 0.4) is 0 Å². The summed E-state index contributed by atoms with van der Waals surface area (Å²) in [5.74, 6) is -0.430. The first-order valence-corrected chi connectivity index (χ1v) is 8.68. The van der Waals surface area contributed by atoms with Gasteiger partial charge in [-0.3, -0.25) is 14.0 Å². The Morgan fingerprint density at radius 3 is 2.88 bits per heavy atom. The number of imidazole rings is 1. The van der Waals surface area contributed by atoms with Crippen LogP contribution in [-0.2, 0) is 13.5 Å². The maximum atomic E-state index is 13.5. The molecule has 132 valence electrons. The predicted molar refractivity (Wildman–Crippen MR) is 97.0 cm³/mol. The van der Waals surface area contributed by atoms with Gasteiger partial charge in [0, 0.05) is 25.0 Å². The van der Waals surface area contributed by atoms with Gasteiger partial charge in [-0.15, -0.1) is 0 Å². The zero-order valence-electron chi connectivity index (χ0n) is 14.5. The zero-order valence-corrected chi connectivity index (χ0v) is 14.5. The molecule has 1 aliphatic carbocycles. The largest absolute Gasteiger partial charge is 0.283 e. The minimum Gasteiger partial charge on any atom is -0.271 e. The zero-order chi connectivity index (χ0) is 18.1. The number of aryl methyl sites for hydroxylation is 1. The molecule has 0 unspecified atom stereocenters. The molecule has 0 N–H and O–H groups in total. The van der Waals surface area contributed by atoms with E-state index in [0.717, 1.165) is 48.1 Å². The molecule has 0 spiro atoms. The Bertz CT molecular complexity index is 985. The molecule has 0 saturated carbocycles. The number of halogens is 1. The summed E-state index contributed by atoms with van der Waals surface area (Å²) < 4.78 is 16.8. The highest BCUT2D eigenvalue weighted by Gasteiger charge is 2.26. The number of rotatable bonds is 2. The Balaban J connectivity index is 1.82. The molecule has 26 heavy (non-hydrogen) atoms. The molecule has 3 aromatic rings. The van der Waals surface area contributed by atoms with Crippen LogP contribution in [0.15, 0.2) is 43.0 Å². The van der Waals surface area contributed by atoms with Gasteiger partial charge in [-0.1, -0.05) is 12.1 Å². The lowest BCUT2D eigenvalue weighted by Crippen LogP contribution is -2.13. The summed E-state index contributed by atoms with van der Waals surface area (Å²) in [4.78, 5) is 16.7. The Hall–Kier alpha value is -3.02. The van der Waals surface area contributed by atoms with E-state index in [9.17, 15) is 9.18 Å². The highest BCUT2D eigenvalue weighted by molar-refractivity contribution is 5.97. The number of aromatic nitrogens is 4. The van der Waals surface area contributed by atoms with Crippen molar-refractivity contribution in [3.63, 3.8) is 0 Å². The first kappa shape index (κ1) is 16.4. The number of carbonyl (C=O) groups is 1. The van der Waals surface area contributed by atoms with Crippen LogP contribution in [0.25, 0.3) is 11.6 Å². The van der Waals surface area contributed by atoms with Crippen molar-refractivity contribution in [3.8, 4) is 0 Å². The number of carbonyl (C=O) groups excluding carboxylic acids is 1. The van der Waals surface area contributed by atoms with Gasteiger partial charge in [0.05, 0.1) is 5.69 Å². The Kier molecular flexibility index (Phi) is 4.24. The lowest BCUT2D eigenvalue weighted by atomic mass is 10.0. The summed E-state index contributed by atoms with van der Waals surface area (Å²) in [7, 11) is 1.86. The van der Waals surface area contributed by atoms with Crippen LogP contribution in [0.4, 0.5) is 4.39 Å². The van der Waals surface area contributed by atoms with Gasteiger partial charge in [0.2, 0.25) is 0 Å². The Morgan fingerprint density at radius 1 is 1.27 bits per heavy atom. The van der Waals surface area contributed by atoms with E-state index in [1.807, 2.05) is 19.2 Å². The third-order valence-corrected chi connectivity index (χ3v) is 4.70. The number of fused-ring (bicyclic) bond motifs is 1. The standard InChI is InChI=1S/C20H19FN4O/c1-24-19-15(11-14-5-4-7-16(21)12-14)6-2-3-8-17(19)18(23-24)20(26)25-10-9-22-13-25/h4-5,7,9-13H,2-3,6,8H2,1H3. The molecule has 5 nitrogen and oxygen atoms in total. The smallest absolute Gasteiger partial charge is 0.271 e. The lowest BCUT2D eigenvalue weighted by molar-refractivity contribution is 0.0953. The summed E-state index contributed by atoms with van der Waals surface area (Å²) >= 11 is 0. The van der Waals surface area contributed by atoms with Crippen LogP contribution in [0.1, 0.15) is 46.6 Å². The molecule has 0 bridgehead atoms. The van der Waals surface area contributed by atoms with E-state index in [-0.39, 0.29) is 11.7 Å². The van der Waals surface area contributed by atoms with Gasteiger partial charge in [-0.05, 0) is 55.0 Å². The monoisotopic (exact) mass is 350 g/mol. The fourth-order valence-corrected chi connectivity index (χ4v) is 3.55. The van der Waals surface area contributed by atoms with Crippen LogP contribution < -0.4 is 0 Å². The van der Waals surface area contributed by atoms with Crippen molar-refractivity contribution in [3.05, 3.63) is 71.3 Å². The van der Waals surface area contributed by atoms with Gasteiger partial charge in [0.15, 0.2) is 5.69 Å². The maximum absolute atomic E-state index is 13.5.